The molecule has 0 radical (unpaired) electrons. The van der Waals surface area contributed by atoms with Crippen LogP contribution in [-0.2, 0) is 9.59 Å². The lowest BCUT2D eigenvalue weighted by atomic mass is 9.95. The number of hydrogen-bond acceptors (Lipinski definition) is 3. The molecule has 5 nitrogen and oxygen atoms in total. The Bertz CT molecular complexity index is 771. The lowest BCUT2D eigenvalue weighted by Gasteiger charge is -2.20. The summed E-state index contributed by atoms with van der Waals surface area (Å²) in [6, 6.07) is 14.8. The Morgan fingerprint density at radius 2 is 2.08 bits per heavy atom. The normalized spacial score (nSPS) is 13.9. The fourth-order valence-corrected chi connectivity index (χ4v) is 2.63. The summed E-state index contributed by atoms with van der Waals surface area (Å²) >= 11 is 0. The predicted molar refractivity (Wildman–Crippen MR) is 93.2 cm³/mol. The van der Waals surface area contributed by atoms with Gasteiger partial charge in [0.05, 0.1) is 11.6 Å². The Hall–Kier alpha value is -3.08. The molecule has 1 aliphatic heterocycles. The van der Waals surface area contributed by atoms with Gasteiger partial charge < -0.3 is 15.4 Å². The van der Waals surface area contributed by atoms with Gasteiger partial charge in [-0.1, -0.05) is 36.4 Å². The Kier molecular flexibility index (Phi) is 4.61. The first-order valence-electron chi connectivity index (χ1n) is 7.71. The topological polar surface area (TPSA) is 67.4 Å². The van der Waals surface area contributed by atoms with Crippen LogP contribution in [0, 0.1) is 0 Å². The summed E-state index contributed by atoms with van der Waals surface area (Å²) in [6.45, 7) is 3.72. The van der Waals surface area contributed by atoms with Crippen LogP contribution in [-0.4, -0.2) is 18.4 Å². The summed E-state index contributed by atoms with van der Waals surface area (Å²) < 4.78 is 5.37. The molecule has 2 N–H and O–H groups in total. The summed E-state index contributed by atoms with van der Waals surface area (Å²) in [6.07, 6.45) is 2.29. The minimum absolute atomic E-state index is 0.0203. The number of benzene rings is 2. The highest BCUT2D eigenvalue weighted by Gasteiger charge is 2.21. The molecule has 0 unspecified atom stereocenters. The van der Waals surface area contributed by atoms with Crippen molar-refractivity contribution < 1.29 is 14.3 Å². The first-order chi connectivity index (χ1) is 11.7. The number of allylic oxidation sites excluding steroid dienone is 1. The van der Waals surface area contributed by atoms with Crippen molar-refractivity contribution in [3.05, 3.63) is 66.7 Å². The average molecular weight is 322 g/mol. The molecule has 1 aliphatic rings. The van der Waals surface area contributed by atoms with E-state index in [0.717, 1.165) is 5.56 Å². The smallest absolute Gasteiger partial charge is 0.262 e. The minimum atomic E-state index is -0.305. The number of carbonyl (C=O) groups is 2. The van der Waals surface area contributed by atoms with Gasteiger partial charge in [-0.2, -0.15) is 0 Å². The first kappa shape index (κ1) is 15.8. The van der Waals surface area contributed by atoms with Crippen LogP contribution in [0.15, 0.2) is 61.2 Å². The number of hydrogen-bond donors (Lipinski definition) is 2. The molecule has 0 saturated heterocycles. The van der Waals surface area contributed by atoms with Gasteiger partial charge in [0.25, 0.3) is 5.91 Å². The molecule has 0 bridgehead atoms. The van der Waals surface area contributed by atoms with Gasteiger partial charge in [-0.05, 0) is 24.1 Å². The molecule has 0 aromatic heterocycles. The van der Waals surface area contributed by atoms with Crippen LogP contribution in [0.3, 0.4) is 0 Å². The van der Waals surface area contributed by atoms with Crippen molar-refractivity contribution in [1.82, 2.24) is 0 Å². The Morgan fingerprint density at radius 3 is 2.83 bits per heavy atom. The molecule has 5 heteroatoms. The summed E-state index contributed by atoms with van der Waals surface area (Å²) in [5.74, 6) is -0.0527. The van der Waals surface area contributed by atoms with Crippen LogP contribution in [0.25, 0.3) is 0 Å². The number of fused-ring (bicyclic) bond motifs is 1. The fourth-order valence-electron chi connectivity index (χ4n) is 2.63. The lowest BCUT2D eigenvalue weighted by Crippen LogP contribution is -2.25. The summed E-state index contributed by atoms with van der Waals surface area (Å²) in [7, 11) is 0. The van der Waals surface area contributed by atoms with E-state index >= 15 is 0 Å². The molecule has 0 fully saturated rings. The van der Waals surface area contributed by atoms with Crippen molar-refractivity contribution in [3.8, 4) is 5.75 Å². The van der Waals surface area contributed by atoms with Gasteiger partial charge in [0.2, 0.25) is 5.91 Å². The quantitative estimate of drug-likeness (QED) is 0.830. The molecule has 0 spiro atoms. The highest BCUT2D eigenvalue weighted by Crippen LogP contribution is 2.31. The van der Waals surface area contributed by atoms with Crippen LogP contribution in [0.5, 0.6) is 5.75 Å². The maximum Gasteiger partial charge on any atom is 0.262 e. The highest BCUT2D eigenvalue weighted by atomic mass is 16.5. The number of ether oxygens (including phenoxy) is 1. The van der Waals surface area contributed by atoms with Crippen molar-refractivity contribution in [2.75, 3.05) is 17.2 Å². The molecule has 1 atom stereocenters. The van der Waals surface area contributed by atoms with Gasteiger partial charge in [0.1, 0.15) is 5.75 Å². The summed E-state index contributed by atoms with van der Waals surface area (Å²) in [5.41, 5.74) is 2.17. The Morgan fingerprint density at radius 1 is 1.29 bits per heavy atom. The number of rotatable bonds is 5. The van der Waals surface area contributed by atoms with E-state index in [1.54, 1.807) is 24.3 Å². The molecular formula is C19H18N2O3. The van der Waals surface area contributed by atoms with Crippen molar-refractivity contribution in [2.24, 2.45) is 0 Å². The summed E-state index contributed by atoms with van der Waals surface area (Å²) in [4.78, 5) is 23.9. The second-order valence-electron chi connectivity index (χ2n) is 5.52. The lowest BCUT2D eigenvalue weighted by molar-refractivity contribution is -0.119. The molecule has 0 saturated carbocycles. The van der Waals surface area contributed by atoms with Gasteiger partial charge in [-0.3, -0.25) is 9.59 Å². The van der Waals surface area contributed by atoms with E-state index in [0.29, 0.717) is 23.5 Å². The summed E-state index contributed by atoms with van der Waals surface area (Å²) in [5, 5.41) is 5.63. The largest absolute Gasteiger partial charge is 0.482 e. The zero-order valence-corrected chi connectivity index (χ0v) is 13.1. The van der Waals surface area contributed by atoms with Crippen molar-refractivity contribution in [3.63, 3.8) is 0 Å². The third-order valence-electron chi connectivity index (χ3n) is 3.80. The Labute approximate surface area is 140 Å². The minimum Gasteiger partial charge on any atom is -0.482 e. The molecule has 2 aromatic carbocycles. The standard InChI is InChI=1S/C19H18N2O3/c1-2-6-15(13-7-4-3-5-8-13)19(23)20-14-9-10-16-17(11-14)24-12-18(22)21-16/h2-5,7-11,15H,1,6,12H2,(H,20,23)(H,21,22)/t15-/m1/s1. The van der Waals surface area contributed by atoms with Crippen LogP contribution >= 0.6 is 0 Å². The molecule has 24 heavy (non-hydrogen) atoms. The van der Waals surface area contributed by atoms with Gasteiger partial charge in [0, 0.05) is 11.8 Å². The number of anilines is 2. The monoisotopic (exact) mass is 322 g/mol. The highest BCUT2D eigenvalue weighted by molar-refractivity contribution is 5.98. The van der Waals surface area contributed by atoms with E-state index in [-0.39, 0.29) is 24.3 Å². The predicted octanol–water partition coefficient (Wildman–Crippen LogP) is 3.32. The van der Waals surface area contributed by atoms with Crippen LogP contribution in [0.4, 0.5) is 11.4 Å². The van der Waals surface area contributed by atoms with Crippen molar-refractivity contribution in [2.45, 2.75) is 12.3 Å². The van der Waals surface area contributed by atoms with Gasteiger partial charge >= 0.3 is 0 Å². The molecule has 2 amide bonds. The van der Waals surface area contributed by atoms with E-state index in [9.17, 15) is 9.59 Å². The van der Waals surface area contributed by atoms with Crippen LogP contribution < -0.4 is 15.4 Å². The van der Waals surface area contributed by atoms with Crippen molar-refractivity contribution in [1.29, 1.82) is 0 Å². The van der Waals surface area contributed by atoms with E-state index < -0.39 is 0 Å². The molecule has 0 aliphatic carbocycles. The molecule has 1 heterocycles. The molecule has 3 rings (SSSR count). The SMILES string of the molecule is C=CC[C@@H](C(=O)Nc1ccc2c(c1)OCC(=O)N2)c1ccccc1. The third-order valence-corrected chi connectivity index (χ3v) is 3.80. The third kappa shape index (κ3) is 3.46. The van der Waals surface area contributed by atoms with Gasteiger partial charge in [0.15, 0.2) is 6.61 Å². The fraction of sp³-hybridized carbons (Fsp3) is 0.158. The van der Waals surface area contributed by atoms with E-state index in [4.69, 9.17) is 4.74 Å². The maximum absolute atomic E-state index is 12.7. The molecule has 2 aromatic rings. The maximum atomic E-state index is 12.7. The molecular weight excluding hydrogens is 304 g/mol. The zero-order valence-electron chi connectivity index (χ0n) is 13.1. The average Bonchev–Trinajstić information content (AvgIpc) is 2.60. The van der Waals surface area contributed by atoms with E-state index in [1.807, 2.05) is 30.3 Å². The number of amides is 2. The van der Waals surface area contributed by atoms with E-state index in [1.165, 1.54) is 0 Å². The second-order valence-corrected chi connectivity index (χ2v) is 5.52. The van der Waals surface area contributed by atoms with Crippen molar-refractivity contribution >= 4 is 23.2 Å². The van der Waals surface area contributed by atoms with Crippen LogP contribution in [0.1, 0.15) is 17.9 Å². The van der Waals surface area contributed by atoms with E-state index in [2.05, 4.69) is 17.2 Å². The number of carbonyl (C=O) groups excluding carboxylic acids is 2. The first-order valence-corrected chi connectivity index (χ1v) is 7.71. The second kappa shape index (κ2) is 7.00. The Balaban J connectivity index is 1.78. The van der Waals surface area contributed by atoms with Gasteiger partial charge in [-0.15, -0.1) is 6.58 Å². The van der Waals surface area contributed by atoms with Gasteiger partial charge in [-0.25, -0.2) is 0 Å². The van der Waals surface area contributed by atoms with Crippen LogP contribution in [0.2, 0.25) is 0 Å². The number of nitrogens with one attached hydrogen (secondary N) is 2. The zero-order chi connectivity index (χ0) is 16.9. The molecule has 122 valence electrons.